The minimum absolute atomic E-state index is 0. The highest BCUT2D eigenvalue weighted by Crippen LogP contribution is 2.21. The summed E-state index contributed by atoms with van der Waals surface area (Å²) in [4.78, 5) is 13.5. The first-order valence-electron chi connectivity index (χ1n) is 8.84. The van der Waals surface area contributed by atoms with Crippen molar-refractivity contribution in [2.75, 3.05) is 20.1 Å². The summed E-state index contributed by atoms with van der Waals surface area (Å²) in [6.07, 6.45) is 0.823. The van der Waals surface area contributed by atoms with Gasteiger partial charge in [0.25, 0.3) is 0 Å². The Morgan fingerprint density at radius 1 is 1.11 bits per heavy atom. The van der Waals surface area contributed by atoms with E-state index < -0.39 is 0 Å². The topological polar surface area (TPSA) is 65.1 Å². The van der Waals surface area contributed by atoms with E-state index in [1.165, 1.54) is 4.90 Å². The molecular formula is C20H26IN5S. The first-order chi connectivity index (χ1) is 12.7. The second kappa shape index (κ2) is 11.2. The summed E-state index contributed by atoms with van der Waals surface area (Å²) in [6, 6.07) is 18.6. The maximum Gasteiger partial charge on any atom is 0.191 e. The molecule has 5 nitrogen and oxygen atoms in total. The molecule has 27 heavy (non-hydrogen) atoms. The molecule has 144 valence electrons. The number of aromatic amines is 1. The maximum atomic E-state index is 4.60. The summed E-state index contributed by atoms with van der Waals surface area (Å²) in [5.41, 5.74) is 2.09. The van der Waals surface area contributed by atoms with Crippen molar-refractivity contribution >= 4 is 52.7 Å². The molecule has 0 aliphatic carbocycles. The monoisotopic (exact) mass is 495 g/mol. The second-order valence-electron chi connectivity index (χ2n) is 6.07. The molecule has 0 spiro atoms. The SMILES string of the molecule is CN=C(NCCc1nc2ccccc2[nH]1)NCC(C)Sc1ccccc1.I. The van der Waals surface area contributed by atoms with E-state index in [-0.39, 0.29) is 24.0 Å². The highest BCUT2D eigenvalue weighted by Gasteiger charge is 2.06. The van der Waals surface area contributed by atoms with Crippen molar-refractivity contribution in [3.8, 4) is 0 Å². The number of H-pyrrole nitrogens is 1. The van der Waals surface area contributed by atoms with E-state index in [1.54, 1.807) is 7.05 Å². The van der Waals surface area contributed by atoms with Gasteiger partial charge in [-0.3, -0.25) is 4.99 Å². The number of halogens is 1. The lowest BCUT2D eigenvalue weighted by Gasteiger charge is -2.15. The molecule has 0 fully saturated rings. The van der Waals surface area contributed by atoms with Gasteiger partial charge in [0.15, 0.2) is 5.96 Å². The van der Waals surface area contributed by atoms with Crippen LogP contribution in [0, 0.1) is 0 Å². The summed E-state index contributed by atoms with van der Waals surface area (Å²) in [6.45, 7) is 3.84. The van der Waals surface area contributed by atoms with E-state index in [2.05, 4.69) is 56.8 Å². The maximum absolute atomic E-state index is 4.60. The van der Waals surface area contributed by atoms with Crippen LogP contribution in [-0.2, 0) is 6.42 Å². The molecule has 0 radical (unpaired) electrons. The van der Waals surface area contributed by atoms with Crippen molar-refractivity contribution in [1.29, 1.82) is 0 Å². The lowest BCUT2D eigenvalue weighted by molar-refractivity contribution is 0.767. The Morgan fingerprint density at radius 2 is 1.85 bits per heavy atom. The molecule has 7 heteroatoms. The van der Waals surface area contributed by atoms with E-state index in [9.17, 15) is 0 Å². The fourth-order valence-corrected chi connectivity index (χ4v) is 3.60. The highest BCUT2D eigenvalue weighted by atomic mass is 127. The Bertz CT molecular complexity index is 817. The number of thioether (sulfide) groups is 1. The zero-order valence-corrected chi connectivity index (χ0v) is 18.8. The van der Waals surface area contributed by atoms with Crippen molar-refractivity contribution in [2.45, 2.75) is 23.5 Å². The predicted octanol–water partition coefficient (Wildman–Crippen LogP) is 4.07. The summed E-state index contributed by atoms with van der Waals surface area (Å²) in [5, 5.41) is 7.19. The molecule has 3 rings (SSSR count). The number of para-hydroxylation sites is 2. The second-order valence-corrected chi connectivity index (χ2v) is 7.58. The first kappa shape index (κ1) is 21.6. The van der Waals surface area contributed by atoms with Gasteiger partial charge in [-0.15, -0.1) is 35.7 Å². The molecule has 0 saturated carbocycles. The van der Waals surface area contributed by atoms with Crippen LogP contribution in [0.4, 0.5) is 0 Å². The highest BCUT2D eigenvalue weighted by molar-refractivity contribution is 14.0. The molecule has 1 aromatic heterocycles. The van der Waals surface area contributed by atoms with Crippen LogP contribution in [0.3, 0.4) is 0 Å². The summed E-state index contributed by atoms with van der Waals surface area (Å²) in [7, 11) is 1.80. The molecule has 1 atom stereocenters. The summed E-state index contributed by atoms with van der Waals surface area (Å²) < 4.78 is 0. The van der Waals surface area contributed by atoms with Gasteiger partial charge in [0, 0.05) is 36.7 Å². The lowest BCUT2D eigenvalue weighted by atomic mass is 10.3. The van der Waals surface area contributed by atoms with Crippen LogP contribution in [0.25, 0.3) is 11.0 Å². The van der Waals surface area contributed by atoms with Gasteiger partial charge in [0.1, 0.15) is 5.82 Å². The Labute approximate surface area is 181 Å². The zero-order valence-electron chi connectivity index (χ0n) is 15.6. The number of aromatic nitrogens is 2. The third kappa shape index (κ3) is 6.73. The number of aliphatic imine (C=N–C) groups is 1. The summed E-state index contributed by atoms with van der Waals surface area (Å²) in [5.74, 6) is 1.81. The Hall–Kier alpha value is -1.74. The van der Waals surface area contributed by atoms with Crippen molar-refractivity contribution in [2.24, 2.45) is 4.99 Å². The summed E-state index contributed by atoms with van der Waals surface area (Å²) >= 11 is 1.86. The number of nitrogens with one attached hydrogen (secondary N) is 3. The molecule has 0 bridgehead atoms. The van der Waals surface area contributed by atoms with E-state index in [0.29, 0.717) is 5.25 Å². The average molecular weight is 495 g/mol. The third-order valence-corrected chi connectivity index (χ3v) is 5.07. The molecule has 0 amide bonds. The molecule has 0 aliphatic rings. The third-order valence-electron chi connectivity index (χ3n) is 3.95. The van der Waals surface area contributed by atoms with Crippen LogP contribution in [0.15, 0.2) is 64.5 Å². The molecule has 0 saturated heterocycles. The smallest absolute Gasteiger partial charge is 0.191 e. The predicted molar refractivity (Wildman–Crippen MR) is 126 cm³/mol. The van der Waals surface area contributed by atoms with Gasteiger partial charge in [-0.25, -0.2) is 4.98 Å². The molecule has 1 unspecified atom stereocenters. The van der Waals surface area contributed by atoms with Crippen LogP contribution < -0.4 is 10.6 Å². The Kier molecular flexibility index (Phi) is 8.93. The number of nitrogens with zero attached hydrogens (tertiary/aromatic N) is 2. The van der Waals surface area contributed by atoms with Crippen LogP contribution in [-0.4, -0.2) is 41.3 Å². The van der Waals surface area contributed by atoms with Crippen LogP contribution >= 0.6 is 35.7 Å². The number of benzene rings is 2. The van der Waals surface area contributed by atoms with Crippen molar-refractivity contribution in [3.05, 3.63) is 60.4 Å². The fourth-order valence-electron chi connectivity index (χ4n) is 2.66. The molecule has 2 aromatic carbocycles. The number of hydrogen-bond donors (Lipinski definition) is 3. The first-order valence-corrected chi connectivity index (χ1v) is 9.72. The fraction of sp³-hybridized carbons (Fsp3) is 0.300. The van der Waals surface area contributed by atoms with E-state index in [1.807, 2.05) is 42.1 Å². The van der Waals surface area contributed by atoms with Crippen molar-refractivity contribution < 1.29 is 0 Å². The normalized spacial score (nSPS) is 12.4. The number of fused-ring (bicyclic) bond motifs is 1. The molecule has 1 heterocycles. The van der Waals surface area contributed by atoms with Crippen LogP contribution in [0.5, 0.6) is 0 Å². The molecule has 3 N–H and O–H groups in total. The standard InChI is InChI=1S/C20H25N5S.HI/c1-15(26-16-8-4-3-5-9-16)14-23-20(21-2)22-13-12-19-24-17-10-6-7-11-18(17)25-19;/h3-11,15H,12-14H2,1-2H3,(H,24,25)(H2,21,22,23);1H. The van der Waals surface area contributed by atoms with E-state index in [0.717, 1.165) is 42.3 Å². The Balaban J connectivity index is 0.00000261. The lowest BCUT2D eigenvalue weighted by Crippen LogP contribution is -2.40. The van der Waals surface area contributed by atoms with E-state index in [4.69, 9.17) is 0 Å². The average Bonchev–Trinajstić information content (AvgIpc) is 3.08. The van der Waals surface area contributed by atoms with Gasteiger partial charge in [-0.05, 0) is 24.3 Å². The zero-order chi connectivity index (χ0) is 18.2. The number of rotatable bonds is 7. The van der Waals surface area contributed by atoms with Gasteiger partial charge in [0.2, 0.25) is 0 Å². The molecular weight excluding hydrogens is 469 g/mol. The van der Waals surface area contributed by atoms with Crippen molar-refractivity contribution in [3.63, 3.8) is 0 Å². The Morgan fingerprint density at radius 3 is 2.59 bits per heavy atom. The number of guanidine groups is 1. The van der Waals surface area contributed by atoms with Crippen LogP contribution in [0.1, 0.15) is 12.7 Å². The largest absolute Gasteiger partial charge is 0.356 e. The van der Waals surface area contributed by atoms with Gasteiger partial charge < -0.3 is 15.6 Å². The minimum atomic E-state index is 0. The van der Waals surface area contributed by atoms with Gasteiger partial charge in [0.05, 0.1) is 11.0 Å². The quantitative estimate of drug-likeness (QED) is 0.200. The van der Waals surface area contributed by atoms with Gasteiger partial charge >= 0.3 is 0 Å². The molecule has 0 aliphatic heterocycles. The van der Waals surface area contributed by atoms with Gasteiger partial charge in [-0.2, -0.15) is 0 Å². The van der Waals surface area contributed by atoms with Crippen LogP contribution in [0.2, 0.25) is 0 Å². The molecule has 3 aromatic rings. The number of hydrogen-bond acceptors (Lipinski definition) is 3. The van der Waals surface area contributed by atoms with E-state index >= 15 is 0 Å². The number of imidazole rings is 1. The van der Waals surface area contributed by atoms with Gasteiger partial charge in [-0.1, -0.05) is 37.3 Å². The van der Waals surface area contributed by atoms with Crippen molar-refractivity contribution in [1.82, 2.24) is 20.6 Å². The minimum Gasteiger partial charge on any atom is -0.356 e.